The molecule has 108 valence electrons. The van der Waals surface area contributed by atoms with Crippen LogP contribution < -0.4 is 4.90 Å². The highest BCUT2D eigenvalue weighted by molar-refractivity contribution is 9.10. The van der Waals surface area contributed by atoms with Crippen molar-refractivity contribution in [1.29, 1.82) is 0 Å². The average molecular weight is 349 g/mol. The second kappa shape index (κ2) is 5.37. The molecule has 0 saturated heterocycles. The minimum Gasteiger partial charge on any atom is -0.481 e. The third-order valence-corrected chi connectivity index (χ3v) is 4.12. The minimum atomic E-state index is -0.850. The lowest BCUT2D eigenvalue weighted by Gasteiger charge is -2.32. The molecule has 1 aliphatic heterocycles. The topological polar surface area (TPSA) is 73.4 Å². The van der Waals surface area contributed by atoms with Crippen LogP contribution >= 0.6 is 15.9 Å². The van der Waals surface area contributed by atoms with Gasteiger partial charge >= 0.3 is 5.97 Å². The van der Waals surface area contributed by atoms with Gasteiger partial charge in [0.25, 0.3) is 5.91 Å². The minimum absolute atomic E-state index is 0.156. The smallest absolute Gasteiger partial charge is 0.311 e. The summed E-state index contributed by atoms with van der Waals surface area (Å²) in [6.07, 6.45) is 2.11. The number of H-pyrrole nitrogens is 1. The first-order valence-corrected chi connectivity index (χ1v) is 7.34. The molecule has 0 aliphatic carbocycles. The second-order valence-corrected chi connectivity index (χ2v) is 5.84. The molecule has 2 N–H and O–H groups in total. The molecule has 2 aromatic rings. The fourth-order valence-corrected chi connectivity index (χ4v) is 3.01. The molecule has 1 aromatic carbocycles. The van der Waals surface area contributed by atoms with Crippen LogP contribution in [-0.2, 0) is 4.79 Å². The number of aliphatic carboxylic acids is 1. The zero-order chi connectivity index (χ0) is 15.0. The van der Waals surface area contributed by atoms with Crippen molar-refractivity contribution in [1.82, 2.24) is 4.98 Å². The third-order valence-electron chi connectivity index (χ3n) is 3.67. The fraction of sp³-hybridized carbons (Fsp3) is 0.200. The number of rotatable bonds is 2. The molecule has 6 heteroatoms. The lowest BCUT2D eigenvalue weighted by Crippen LogP contribution is -2.38. The van der Waals surface area contributed by atoms with Crippen molar-refractivity contribution in [3.8, 4) is 0 Å². The maximum atomic E-state index is 12.6. The number of hydrogen-bond donors (Lipinski definition) is 2. The SMILES string of the molecule is O=C(O)C1CCN(C(=O)c2cc(Br)c[nH]2)c2ccccc21. The van der Waals surface area contributed by atoms with Crippen molar-refractivity contribution >= 4 is 33.5 Å². The van der Waals surface area contributed by atoms with E-state index >= 15 is 0 Å². The van der Waals surface area contributed by atoms with E-state index in [1.165, 1.54) is 0 Å². The van der Waals surface area contributed by atoms with E-state index in [9.17, 15) is 14.7 Å². The van der Waals surface area contributed by atoms with Crippen LogP contribution in [0, 0.1) is 0 Å². The van der Waals surface area contributed by atoms with Crippen LogP contribution in [-0.4, -0.2) is 28.5 Å². The van der Waals surface area contributed by atoms with Gasteiger partial charge in [0.05, 0.1) is 5.92 Å². The van der Waals surface area contributed by atoms with Gasteiger partial charge in [0.2, 0.25) is 0 Å². The van der Waals surface area contributed by atoms with E-state index < -0.39 is 11.9 Å². The largest absolute Gasteiger partial charge is 0.481 e. The van der Waals surface area contributed by atoms with Crippen molar-refractivity contribution in [3.63, 3.8) is 0 Å². The van der Waals surface area contributed by atoms with E-state index in [0.717, 1.165) is 4.47 Å². The number of carboxylic acids is 1. The molecule has 1 aromatic heterocycles. The Kier molecular flexibility index (Phi) is 3.55. The Morgan fingerprint density at radius 2 is 2.10 bits per heavy atom. The lowest BCUT2D eigenvalue weighted by atomic mass is 9.90. The highest BCUT2D eigenvalue weighted by Gasteiger charge is 2.32. The van der Waals surface area contributed by atoms with Crippen LogP contribution in [0.1, 0.15) is 28.4 Å². The first-order chi connectivity index (χ1) is 10.1. The molecule has 0 fully saturated rings. The molecule has 1 atom stereocenters. The van der Waals surface area contributed by atoms with Crippen molar-refractivity contribution in [2.45, 2.75) is 12.3 Å². The summed E-state index contributed by atoms with van der Waals surface area (Å²) in [6, 6.07) is 8.90. The van der Waals surface area contributed by atoms with Crippen LogP contribution in [0.2, 0.25) is 0 Å². The summed E-state index contributed by atoms with van der Waals surface area (Å²) in [5.41, 5.74) is 1.84. The van der Waals surface area contributed by atoms with Gasteiger partial charge < -0.3 is 15.0 Å². The number of carbonyl (C=O) groups is 2. The Balaban J connectivity index is 2.00. The highest BCUT2D eigenvalue weighted by Crippen LogP contribution is 2.36. The first-order valence-electron chi connectivity index (χ1n) is 6.55. The molecule has 0 bridgehead atoms. The third kappa shape index (κ3) is 2.47. The Morgan fingerprint density at radius 3 is 2.76 bits per heavy atom. The number of aromatic nitrogens is 1. The predicted molar refractivity (Wildman–Crippen MR) is 81.6 cm³/mol. The standard InChI is InChI=1S/C15H13BrN2O3/c16-9-7-12(17-8-9)14(19)18-6-5-11(15(20)21)10-3-1-2-4-13(10)18/h1-4,7-8,11,17H,5-6H2,(H,20,21). The van der Waals surface area contributed by atoms with Gasteiger partial charge in [-0.3, -0.25) is 9.59 Å². The maximum Gasteiger partial charge on any atom is 0.311 e. The van der Waals surface area contributed by atoms with Crippen LogP contribution in [0.5, 0.6) is 0 Å². The molecule has 0 spiro atoms. The van der Waals surface area contributed by atoms with Gasteiger partial charge in [-0.05, 0) is 40.0 Å². The van der Waals surface area contributed by atoms with E-state index in [1.807, 2.05) is 6.07 Å². The number of hydrogen-bond acceptors (Lipinski definition) is 2. The van der Waals surface area contributed by atoms with E-state index in [4.69, 9.17) is 0 Å². The molecule has 1 amide bonds. The number of amides is 1. The van der Waals surface area contributed by atoms with Crippen molar-refractivity contribution in [2.24, 2.45) is 0 Å². The van der Waals surface area contributed by atoms with Gasteiger partial charge in [0, 0.05) is 22.9 Å². The summed E-state index contributed by atoms with van der Waals surface area (Å²) >= 11 is 3.31. The zero-order valence-corrected chi connectivity index (χ0v) is 12.6. The Hall–Kier alpha value is -2.08. The van der Waals surface area contributed by atoms with E-state index in [2.05, 4.69) is 20.9 Å². The highest BCUT2D eigenvalue weighted by atomic mass is 79.9. The van der Waals surface area contributed by atoms with Gasteiger partial charge in [0.1, 0.15) is 5.69 Å². The number of aromatic amines is 1. The monoisotopic (exact) mass is 348 g/mol. The van der Waals surface area contributed by atoms with Crippen molar-refractivity contribution < 1.29 is 14.7 Å². The number of benzene rings is 1. The summed E-state index contributed by atoms with van der Waals surface area (Å²) < 4.78 is 0.805. The van der Waals surface area contributed by atoms with Crippen LogP contribution in [0.3, 0.4) is 0 Å². The Morgan fingerprint density at radius 1 is 1.33 bits per heavy atom. The number of nitrogens with one attached hydrogen (secondary N) is 1. The number of para-hydroxylation sites is 1. The summed E-state index contributed by atoms with van der Waals surface area (Å²) in [6.45, 7) is 0.392. The van der Waals surface area contributed by atoms with Crippen LogP contribution in [0.25, 0.3) is 0 Å². The molecule has 1 aliphatic rings. The van der Waals surface area contributed by atoms with E-state index in [1.54, 1.807) is 35.4 Å². The summed E-state index contributed by atoms with van der Waals surface area (Å²) in [5, 5.41) is 9.31. The summed E-state index contributed by atoms with van der Waals surface area (Å²) in [7, 11) is 0. The van der Waals surface area contributed by atoms with Crippen molar-refractivity contribution in [2.75, 3.05) is 11.4 Å². The van der Waals surface area contributed by atoms with Gasteiger partial charge in [-0.25, -0.2) is 0 Å². The molecule has 0 radical (unpaired) electrons. The number of carbonyl (C=O) groups excluding carboxylic acids is 1. The van der Waals surface area contributed by atoms with Gasteiger partial charge in [-0.2, -0.15) is 0 Å². The molecule has 5 nitrogen and oxygen atoms in total. The molecular weight excluding hydrogens is 336 g/mol. The number of fused-ring (bicyclic) bond motifs is 1. The quantitative estimate of drug-likeness (QED) is 0.875. The molecule has 2 heterocycles. The second-order valence-electron chi connectivity index (χ2n) is 4.93. The summed E-state index contributed by atoms with van der Waals surface area (Å²) in [5.74, 6) is -1.56. The van der Waals surface area contributed by atoms with Gasteiger partial charge in [0.15, 0.2) is 0 Å². The first kappa shape index (κ1) is 13.9. The van der Waals surface area contributed by atoms with E-state index in [0.29, 0.717) is 29.9 Å². The number of anilines is 1. The zero-order valence-electron chi connectivity index (χ0n) is 11.0. The van der Waals surface area contributed by atoms with Crippen molar-refractivity contribution in [3.05, 3.63) is 52.3 Å². The molecule has 3 rings (SSSR count). The molecule has 1 unspecified atom stereocenters. The normalized spacial score (nSPS) is 17.4. The molecule has 0 saturated carbocycles. The number of carboxylic acid groups (broad SMARTS) is 1. The van der Waals surface area contributed by atoms with E-state index in [-0.39, 0.29) is 5.91 Å². The summed E-state index contributed by atoms with van der Waals surface area (Å²) in [4.78, 5) is 28.5. The average Bonchev–Trinajstić information content (AvgIpc) is 2.91. The van der Waals surface area contributed by atoms with Crippen LogP contribution in [0.4, 0.5) is 5.69 Å². The maximum absolute atomic E-state index is 12.6. The Labute approximate surface area is 129 Å². The fourth-order valence-electron chi connectivity index (χ4n) is 2.67. The number of halogens is 1. The molecule has 21 heavy (non-hydrogen) atoms. The van der Waals surface area contributed by atoms with Gasteiger partial charge in [-0.1, -0.05) is 18.2 Å². The number of nitrogens with zero attached hydrogens (tertiary/aromatic N) is 1. The lowest BCUT2D eigenvalue weighted by molar-refractivity contribution is -0.139. The van der Waals surface area contributed by atoms with Crippen LogP contribution in [0.15, 0.2) is 41.0 Å². The predicted octanol–water partition coefficient (Wildman–Crippen LogP) is 3.00. The van der Waals surface area contributed by atoms with Gasteiger partial charge in [-0.15, -0.1) is 0 Å². The molecular formula is C15H13BrN2O3. The Bertz CT molecular complexity index is 710.